The molecule has 6 rings (SSSR count). The van der Waals surface area contributed by atoms with Crippen LogP contribution in [0, 0.1) is 27.7 Å². The summed E-state index contributed by atoms with van der Waals surface area (Å²) < 4.78 is 0. The van der Waals surface area contributed by atoms with Crippen molar-refractivity contribution < 1.29 is 0 Å². The third-order valence-corrected chi connectivity index (χ3v) is 9.91. The minimum absolute atomic E-state index is 0.103. The Bertz CT molecular complexity index is 1970. The Morgan fingerprint density at radius 2 is 1.21 bits per heavy atom. The predicted molar refractivity (Wildman–Crippen MR) is 209 cm³/mol. The Labute approximate surface area is 283 Å². The SMILES string of the molecule is C=Cc1ccc(-c2cc(C)c(B(C3=C(C)C=C(c4ccccc4)CC=C3C)c3c(C)cc(C4=CC=CC=CC4)cc3C)c(C)c2)cc1. The molecule has 0 unspecified atom stereocenters. The maximum Gasteiger partial charge on any atom is 0.243 e. The molecule has 0 radical (unpaired) electrons. The second kappa shape index (κ2) is 13.9. The number of allylic oxidation sites excluding steroid dienone is 12. The second-order valence-electron chi connectivity index (χ2n) is 13.2. The van der Waals surface area contributed by atoms with E-state index in [1.807, 2.05) is 6.08 Å². The van der Waals surface area contributed by atoms with Crippen LogP contribution in [0.3, 0.4) is 0 Å². The average molecular weight is 609 g/mol. The van der Waals surface area contributed by atoms with Gasteiger partial charge in [-0.05, 0) is 93.3 Å². The van der Waals surface area contributed by atoms with Crippen molar-refractivity contribution >= 4 is 34.9 Å². The first kappa shape index (κ1) is 32.1. The number of benzene rings is 4. The predicted octanol–water partition coefficient (Wildman–Crippen LogP) is 11.0. The fraction of sp³-hybridized carbons (Fsp3) is 0.174. The van der Waals surface area contributed by atoms with Crippen LogP contribution in [0.15, 0.2) is 145 Å². The van der Waals surface area contributed by atoms with Crippen molar-refractivity contribution in [3.63, 3.8) is 0 Å². The normalized spacial score (nSPS) is 14.6. The molecule has 2 aliphatic rings. The molecule has 0 saturated heterocycles. The molecule has 0 bridgehead atoms. The smallest absolute Gasteiger partial charge is 0.0985 e. The van der Waals surface area contributed by atoms with E-state index in [0.717, 1.165) is 18.4 Å². The summed E-state index contributed by atoms with van der Waals surface area (Å²) in [6.45, 7) is 17.9. The van der Waals surface area contributed by atoms with Crippen LogP contribution in [0.2, 0.25) is 0 Å². The third-order valence-electron chi connectivity index (χ3n) is 9.91. The highest BCUT2D eigenvalue weighted by atomic mass is 14.2. The van der Waals surface area contributed by atoms with Crippen molar-refractivity contribution in [2.24, 2.45) is 0 Å². The van der Waals surface area contributed by atoms with Gasteiger partial charge in [0.1, 0.15) is 0 Å². The van der Waals surface area contributed by atoms with Gasteiger partial charge in [0.05, 0.1) is 0 Å². The number of hydrogen-bond donors (Lipinski definition) is 0. The highest BCUT2D eigenvalue weighted by Gasteiger charge is 2.33. The standard InChI is InChI=1S/C46H45B/c1-8-37-21-24-40(25-22-37)43-29-35(6)46(36(7)30-43)47(44-31(2)20-23-41(26-32(44)3)38-16-14-11-15-17-38)45-33(4)27-42(28-34(45)5)39-18-12-9-10-13-19-39/h8-18,20-22,24-30H,1,19,23H2,2-7H3. The first-order valence-corrected chi connectivity index (χ1v) is 16.9. The molecule has 0 heterocycles. The molecule has 4 aromatic rings. The lowest BCUT2D eigenvalue weighted by atomic mass is 9.32. The fourth-order valence-corrected chi connectivity index (χ4v) is 7.64. The van der Waals surface area contributed by atoms with Crippen LogP contribution in [0.25, 0.3) is 28.3 Å². The summed E-state index contributed by atoms with van der Waals surface area (Å²) in [5, 5.41) is 0. The van der Waals surface area contributed by atoms with Gasteiger partial charge in [0.15, 0.2) is 0 Å². The van der Waals surface area contributed by atoms with Crippen LogP contribution >= 0.6 is 0 Å². The lowest BCUT2D eigenvalue weighted by Crippen LogP contribution is -2.50. The number of aryl methyl sites for hydroxylation is 4. The second-order valence-corrected chi connectivity index (χ2v) is 13.2. The van der Waals surface area contributed by atoms with Crippen molar-refractivity contribution in [1.82, 2.24) is 0 Å². The molecule has 2 aliphatic carbocycles. The van der Waals surface area contributed by atoms with Gasteiger partial charge < -0.3 is 0 Å². The van der Waals surface area contributed by atoms with Crippen molar-refractivity contribution in [2.75, 3.05) is 0 Å². The van der Waals surface area contributed by atoms with Crippen LogP contribution in [-0.2, 0) is 0 Å². The van der Waals surface area contributed by atoms with E-state index < -0.39 is 0 Å². The summed E-state index contributed by atoms with van der Waals surface area (Å²) >= 11 is 0. The highest BCUT2D eigenvalue weighted by Crippen LogP contribution is 2.33. The van der Waals surface area contributed by atoms with Crippen LogP contribution in [0.4, 0.5) is 0 Å². The largest absolute Gasteiger partial charge is 0.243 e. The van der Waals surface area contributed by atoms with Gasteiger partial charge >= 0.3 is 0 Å². The topological polar surface area (TPSA) is 0 Å². The Morgan fingerprint density at radius 3 is 1.83 bits per heavy atom. The van der Waals surface area contributed by atoms with Crippen LogP contribution < -0.4 is 10.9 Å². The van der Waals surface area contributed by atoms with Gasteiger partial charge in [-0.25, -0.2) is 0 Å². The summed E-state index contributed by atoms with van der Waals surface area (Å²) in [6.07, 6.45) is 19.6. The summed E-state index contributed by atoms with van der Waals surface area (Å²) in [5.74, 6) is 0. The Balaban J connectivity index is 1.57. The van der Waals surface area contributed by atoms with Gasteiger partial charge in [-0.15, -0.1) is 0 Å². The molecule has 1 heteroatoms. The molecular formula is C46H45B. The third kappa shape index (κ3) is 6.67. The van der Waals surface area contributed by atoms with E-state index in [-0.39, 0.29) is 6.71 Å². The molecule has 0 nitrogen and oxygen atoms in total. The van der Waals surface area contributed by atoms with Crippen molar-refractivity contribution in [3.05, 3.63) is 184 Å². The lowest BCUT2D eigenvalue weighted by Gasteiger charge is -2.28. The molecule has 0 saturated carbocycles. The summed E-state index contributed by atoms with van der Waals surface area (Å²) in [5.41, 5.74) is 21.3. The van der Waals surface area contributed by atoms with Gasteiger partial charge in [-0.2, -0.15) is 0 Å². The van der Waals surface area contributed by atoms with Gasteiger partial charge in [-0.3, -0.25) is 0 Å². The maximum absolute atomic E-state index is 3.93. The van der Waals surface area contributed by atoms with Gasteiger partial charge in [0, 0.05) is 0 Å². The zero-order valence-corrected chi connectivity index (χ0v) is 28.8. The minimum Gasteiger partial charge on any atom is -0.0985 e. The van der Waals surface area contributed by atoms with E-state index in [4.69, 9.17) is 0 Å². The van der Waals surface area contributed by atoms with Crippen molar-refractivity contribution in [1.29, 1.82) is 0 Å². The van der Waals surface area contributed by atoms with E-state index in [0.29, 0.717) is 0 Å². The molecule has 0 fully saturated rings. The van der Waals surface area contributed by atoms with E-state index in [9.17, 15) is 0 Å². The molecule has 0 spiro atoms. The molecule has 0 N–H and O–H groups in total. The van der Waals surface area contributed by atoms with Crippen LogP contribution in [0.1, 0.15) is 65.6 Å². The molecule has 0 aliphatic heterocycles. The van der Waals surface area contributed by atoms with Crippen LogP contribution in [0.5, 0.6) is 0 Å². The van der Waals surface area contributed by atoms with E-state index in [1.54, 1.807) is 0 Å². The monoisotopic (exact) mass is 608 g/mol. The van der Waals surface area contributed by atoms with Crippen molar-refractivity contribution in [3.8, 4) is 11.1 Å². The van der Waals surface area contributed by atoms with Gasteiger partial charge in [0.2, 0.25) is 6.71 Å². The van der Waals surface area contributed by atoms with Crippen molar-refractivity contribution in [2.45, 2.75) is 54.4 Å². The van der Waals surface area contributed by atoms with E-state index >= 15 is 0 Å². The molecule has 232 valence electrons. The van der Waals surface area contributed by atoms with E-state index in [1.165, 1.54) is 83.2 Å². The van der Waals surface area contributed by atoms with Gasteiger partial charge in [0.25, 0.3) is 0 Å². The van der Waals surface area contributed by atoms with Crippen LogP contribution in [-0.4, -0.2) is 6.71 Å². The zero-order chi connectivity index (χ0) is 33.1. The lowest BCUT2D eigenvalue weighted by molar-refractivity contribution is 1.32. The molecule has 0 aromatic heterocycles. The highest BCUT2D eigenvalue weighted by molar-refractivity contribution is 6.93. The molecular weight excluding hydrogens is 563 g/mol. The number of hydrogen-bond acceptors (Lipinski definition) is 0. The Hall–Kier alpha value is -4.88. The minimum atomic E-state index is 0.103. The quantitative estimate of drug-likeness (QED) is 0.183. The zero-order valence-electron chi connectivity index (χ0n) is 28.8. The summed E-state index contributed by atoms with van der Waals surface area (Å²) in [7, 11) is 0. The molecule has 47 heavy (non-hydrogen) atoms. The first-order valence-electron chi connectivity index (χ1n) is 16.9. The molecule has 0 amide bonds. The maximum atomic E-state index is 3.93. The Morgan fingerprint density at radius 1 is 0.596 bits per heavy atom. The van der Waals surface area contributed by atoms with E-state index in [2.05, 4.69) is 170 Å². The molecule has 4 aromatic carbocycles. The average Bonchev–Trinajstić information content (AvgIpc) is 3.43. The number of rotatable bonds is 7. The summed E-state index contributed by atoms with van der Waals surface area (Å²) in [4.78, 5) is 0. The Kier molecular flexibility index (Phi) is 9.46. The molecule has 0 atom stereocenters. The van der Waals surface area contributed by atoms with Gasteiger partial charge in [-0.1, -0.05) is 184 Å². The first-order chi connectivity index (χ1) is 22.7. The summed E-state index contributed by atoms with van der Waals surface area (Å²) in [6, 6.07) is 29.2. The fourth-order valence-electron chi connectivity index (χ4n) is 7.64.